The minimum Gasteiger partial charge on any atom is -0.370 e. The molecule has 4 rings (SSSR count). The van der Waals surface area contributed by atoms with Crippen molar-refractivity contribution in [3.8, 4) is 0 Å². The van der Waals surface area contributed by atoms with Crippen molar-refractivity contribution in [3.05, 3.63) is 11.9 Å². The molecule has 1 atom stereocenters. The number of nitrogens with one attached hydrogen (secondary N) is 2. The highest BCUT2D eigenvalue weighted by atomic mass is 15.2. The van der Waals surface area contributed by atoms with E-state index in [-0.39, 0.29) is 0 Å². The molecule has 1 unspecified atom stereocenters. The predicted molar refractivity (Wildman–Crippen MR) is 86.8 cm³/mol. The summed E-state index contributed by atoms with van der Waals surface area (Å²) in [5, 5.41) is 7.14. The molecule has 1 aromatic heterocycles. The van der Waals surface area contributed by atoms with E-state index in [4.69, 9.17) is 0 Å². The Hall–Kier alpha value is -1.36. The van der Waals surface area contributed by atoms with Crippen LogP contribution in [0.25, 0.3) is 0 Å². The smallest absolute Gasteiger partial charge is 0.134 e. The standard InChI is InChI=1S/C16H27N5/c1-3-7-17-15-13(4-2)16(19-11-18-15)20-14-10-21-8-5-12(14)6-9-21/h11-12,14H,3-10H2,1-2H3,(H2,17,18,19,20). The van der Waals surface area contributed by atoms with Gasteiger partial charge in [-0.25, -0.2) is 9.97 Å². The van der Waals surface area contributed by atoms with E-state index < -0.39 is 0 Å². The number of hydrogen-bond acceptors (Lipinski definition) is 5. The lowest BCUT2D eigenvalue weighted by Crippen LogP contribution is -2.53. The van der Waals surface area contributed by atoms with Crippen molar-refractivity contribution in [3.63, 3.8) is 0 Å². The van der Waals surface area contributed by atoms with E-state index in [2.05, 4.69) is 39.3 Å². The average Bonchev–Trinajstić information content (AvgIpc) is 2.54. The van der Waals surface area contributed by atoms with Crippen LogP contribution in [-0.2, 0) is 6.42 Å². The Kier molecular flexibility index (Phi) is 4.58. The van der Waals surface area contributed by atoms with Gasteiger partial charge in [0.1, 0.15) is 18.0 Å². The number of nitrogens with zero attached hydrogens (tertiary/aromatic N) is 3. The fourth-order valence-electron chi connectivity index (χ4n) is 3.57. The monoisotopic (exact) mass is 289 g/mol. The van der Waals surface area contributed by atoms with Crippen LogP contribution in [0.2, 0.25) is 0 Å². The third-order valence-electron chi connectivity index (χ3n) is 4.82. The Bertz CT molecular complexity index is 468. The van der Waals surface area contributed by atoms with Crippen LogP contribution in [-0.4, -0.2) is 47.1 Å². The van der Waals surface area contributed by atoms with Gasteiger partial charge in [-0.2, -0.15) is 0 Å². The van der Waals surface area contributed by atoms with Gasteiger partial charge in [0, 0.05) is 24.7 Å². The highest BCUT2D eigenvalue weighted by Gasteiger charge is 2.34. The SMILES string of the molecule is CCCNc1ncnc(NC2CN3CCC2CC3)c1CC. The molecule has 2 bridgehead atoms. The molecule has 3 fully saturated rings. The van der Waals surface area contributed by atoms with Gasteiger partial charge >= 0.3 is 0 Å². The lowest BCUT2D eigenvalue weighted by Gasteiger charge is -2.45. The van der Waals surface area contributed by atoms with Gasteiger partial charge in [0.2, 0.25) is 0 Å². The van der Waals surface area contributed by atoms with Gasteiger partial charge in [-0.1, -0.05) is 13.8 Å². The Morgan fingerprint density at radius 2 is 1.95 bits per heavy atom. The van der Waals surface area contributed by atoms with E-state index in [0.717, 1.165) is 43.5 Å². The number of hydrogen-bond donors (Lipinski definition) is 2. The second-order valence-electron chi connectivity index (χ2n) is 6.22. The average molecular weight is 289 g/mol. The van der Waals surface area contributed by atoms with E-state index in [1.165, 1.54) is 31.5 Å². The van der Waals surface area contributed by atoms with Crippen molar-refractivity contribution >= 4 is 11.6 Å². The maximum absolute atomic E-state index is 4.52. The highest BCUT2D eigenvalue weighted by Crippen LogP contribution is 2.31. The van der Waals surface area contributed by atoms with Gasteiger partial charge in [-0.3, -0.25) is 0 Å². The first-order valence-corrected chi connectivity index (χ1v) is 8.38. The first kappa shape index (κ1) is 14.6. The van der Waals surface area contributed by atoms with Gasteiger partial charge in [0.15, 0.2) is 0 Å². The summed E-state index contributed by atoms with van der Waals surface area (Å²) in [6.45, 7) is 9.02. The molecule has 0 aromatic carbocycles. The minimum atomic E-state index is 0.548. The zero-order chi connectivity index (χ0) is 14.7. The third kappa shape index (κ3) is 3.12. The van der Waals surface area contributed by atoms with Gasteiger partial charge in [0.25, 0.3) is 0 Å². The lowest BCUT2D eigenvalue weighted by atomic mass is 9.84. The van der Waals surface area contributed by atoms with Gasteiger partial charge in [-0.05, 0) is 44.7 Å². The molecule has 5 heteroatoms. The molecule has 2 N–H and O–H groups in total. The van der Waals surface area contributed by atoms with Gasteiger partial charge in [0.05, 0.1) is 0 Å². The fraction of sp³-hybridized carbons (Fsp3) is 0.750. The zero-order valence-corrected chi connectivity index (χ0v) is 13.2. The van der Waals surface area contributed by atoms with E-state index in [1.54, 1.807) is 6.33 Å². The van der Waals surface area contributed by atoms with Crippen LogP contribution >= 0.6 is 0 Å². The molecule has 1 aromatic rings. The number of piperidine rings is 3. The van der Waals surface area contributed by atoms with E-state index >= 15 is 0 Å². The van der Waals surface area contributed by atoms with Crippen molar-refractivity contribution < 1.29 is 0 Å². The molecule has 3 saturated heterocycles. The summed E-state index contributed by atoms with van der Waals surface area (Å²) in [7, 11) is 0. The Balaban J connectivity index is 1.75. The first-order valence-electron chi connectivity index (χ1n) is 8.38. The summed E-state index contributed by atoms with van der Waals surface area (Å²) in [6, 6.07) is 0.548. The largest absolute Gasteiger partial charge is 0.370 e. The Morgan fingerprint density at radius 3 is 2.57 bits per heavy atom. The summed E-state index contributed by atoms with van der Waals surface area (Å²) < 4.78 is 0. The third-order valence-corrected chi connectivity index (χ3v) is 4.82. The molecule has 4 heterocycles. The topological polar surface area (TPSA) is 53.1 Å². The van der Waals surface area contributed by atoms with E-state index in [9.17, 15) is 0 Å². The number of rotatable bonds is 6. The molecule has 0 aliphatic carbocycles. The molecule has 3 aliphatic heterocycles. The molecule has 0 spiro atoms. The van der Waals surface area contributed by atoms with Crippen LogP contribution in [0.15, 0.2) is 6.33 Å². The van der Waals surface area contributed by atoms with Gasteiger partial charge in [-0.15, -0.1) is 0 Å². The van der Waals surface area contributed by atoms with Crippen molar-refractivity contribution in [1.29, 1.82) is 0 Å². The predicted octanol–water partition coefficient (Wildman–Crippen LogP) is 2.37. The minimum absolute atomic E-state index is 0.548. The maximum Gasteiger partial charge on any atom is 0.134 e. The number of fused-ring (bicyclic) bond motifs is 3. The van der Waals surface area contributed by atoms with Crippen molar-refractivity contribution in [1.82, 2.24) is 14.9 Å². The highest BCUT2D eigenvalue weighted by molar-refractivity contribution is 5.57. The van der Waals surface area contributed by atoms with Gasteiger partial charge < -0.3 is 15.5 Å². The van der Waals surface area contributed by atoms with Crippen LogP contribution in [0.4, 0.5) is 11.6 Å². The molecule has 116 valence electrons. The first-order chi connectivity index (χ1) is 10.3. The van der Waals surface area contributed by atoms with E-state index in [0.29, 0.717) is 6.04 Å². The molecule has 0 radical (unpaired) electrons. The van der Waals surface area contributed by atoms with Crippen LogP contribution in [0.5, 0.6) is 0 Å². The van der Waals surface area contributed by atoms with Crippen LogP contribution < -0.4 is 10.6 Å². The molecular weight excluding hydrogens is 262 g/mol. The molecule has 21 heavy (non-hydrogen) atoms. The maximum atomic E-state index is 4.52. The normalized spacial score (nSPS) is 27.6. The fourth-order valence-corrected chi connectivity index (χ4v) is 3.57. The lowest BCUT2D eigenvalue weighted by molar-refractivity contribution is 0.0973. The summed E-state index contributed by atoms with van der Waals surface area (Å²) in [5.74, 6) is 2.84. The van der Waals surface area contributed by atoms with E-state index in [1.807, 2.05) is 0 Å². The summed E-state index contributed by atoms with van der Waals surface area (Å²) >= 11 is 0. The molecule has 3 aliphatic rings. The molecular formula is C16H27N5. The summed E-state index contributed by atoms with van der Waals surface area (Å²) in [5.41, 5.74) is 1.22. The molecule has 0 amide bonds. The Labute approximate surface area is 127 Å². The number of anilines is 2. The van der Waals surface area contributed by atoms with Crippen molar-refractivity contribution in [2.24, 2.45) is 5.92 Å². The number of aromatic nitrogens is 2. The molecule has 0 saturated carbocycles. The quantitative estimate of drug-likeness (QED) is 0.842. The van der Waals surface area contributed by atoms with Crippen molar-refractivity contribution in [2.45, 2.75) is 45.6 Å². The second kappa shape index (κ2) is 6.60. The Morgan fingerprint density at radius 1 is 1.19 bits per heavy atom. The summed E-state index contributed by atoms with van der Waals surface area (Å²) in [4.78, 5) is 11.5. The summed E-state index contributed by atoms with van der Waals surface area (Å²) in [6.07, 6.45) is 6.39. The second-order valence-corrected chi connectivity index (χ2v) is 6.22. The van der Waals surface area contributed by atoms with Crippen LogP contribution in [0, 0.1) is 5.92 Å². The van der Waals surface area contributed by atoms with Crippen LogP contribution in [0.1, 0.15) is 38.7 Å². The molecule has 5 nitrogen and oxygen atoms in total. The van der Waals surface area contributed by atoms with Crippen LogP contribution in [0.3, 0.4) is 0 Å². The van der Waals surface area contributed by atoms with Crippen molar-refractivity contribution in [2.75, 3.05) is 36.8 Å². The zero-order valence-electron chi connectivity index (χ0n) is 13.2.